The highest BCUT2D eigenvalue weighted by molar-refractivity contribution is 5.96. The molecule has 1 saturated heterocycles. The van der Waals surface area contributed by atoms with Crippen LogP contribution in [0.5, 0.6) is 5.75 Å². The first-order valence-electron chi connectivity index (χ1n) is 9.51. The highest BCUT2D eigenvalue weighted by Crippen LogP contribution is 2.28. The highest BCUT2D eigenvalue weighted by Gasteiger charge is 2.15. The first kappa shape index (κ1) is 19.0. The summed E-state index contributed by atoms with van der Waals surface area (Å²) in [6.45, 7) is 3.43. The van der Waals surface area contributed by atoms with Gasteiger partial charge in [-0.1, -0.05) is 37.1 Å². The van der Waals surface area contributed by atoms with Gasteiger partial charge in [0, 0.05) is 18.7 Å². The molecule has 5 heteroatoms. The van der Waals surface area contributed by atoms with Crippen LogP contribution >= 0.6 is 0 Å². The van der Waals surface area contributed by atoms with Crippen molar-refractivity contribution in [2.45, 2.75) is 32.6 Å². The van der Waals surface area contributed by atoms with E-state index in [9.17, 15) is 9.59 Å². The number of nitrogens with zero attached hydrogens (tertiary/aromatic N) is 1. The molecule has 1 aliphatic heterocycles. The number of hydrogen-bond acceptors (Lipinski definition) is 4. The van der Waals surface area contributed by atoms with Crippen molar-refractivity contribution in [2.24, 2.45) is 0 Å². The smallest absolute Gasteiger partial charge is 0.262 e. The van der Waals surface area contributed by atoms with Gasteiger partial charge in [0.25, 0.3) is 5.91 Å². The maximum absolute atomic E-state index is 12.4. The van der Waals surface area contributed by atoms with Crippen molar-refractivity contribution in [3.05, 3.63) is 54.1 Å². The summed E-state index contributed by atoms with van der Waals surface area (Å²) in [4.78, 5) is 26.2. The molecule has 3 rings (SSSR count). The zero-order chi connectivity index (χ0) is 19.1. The van der Waals surface area contributed by atoms with Crippen molar-refractivity contribution in [1.29, 1.82) is 0 Å². The molecule has 2 aromatic rings. The average Bonchev–Trinajstić information content (AvgIpc) is 2.96. The molecule has 0 atom stereocenters. The summed E-state index contributed by atoms with van der Waals surface area (Å²) < 4.78 is 5.56. The number of carbonyl (C=O) groups is 2. The van der Waals surface area contributed by atoms with Crippen molar-refractivity contribution in [3.63, 3.8) is 0 Å². The van der Waals surface area contributed by atoms with Gasteiger partial charge in [0.15, 0.2) is 12.4 Å². The molecule has 1 heterocycles. The van der Waals surface area contributed by atoms with Crippen LogP contribution in [0.3, 0.4) is 0 Å². The third-order valence-corrected chi connectivity index (χ3v) is 4.74. The number of hydrogen-bond donors (Lipinski definition) is 1. The quantitative estimate of drug-likeness (QED) is 0.775. The molecule has 0 radical (unpaired) electrons. The minimum Gasteiger partial charge on any atom is -0.484 e. The number of nitrogens with one attached hydrogen (secondary N) is 1. The molecule has 1 amide bonds. The first-order chi connectivity index (χ1) is 13.1. The molecular weight excluding hydrogens is 340 g/mol. The van der Waals surface area contributed by atoms with Gasteiger partial charge >= 0.3 is 0 Å². The summed E-state index contributed by atoms with van der Waals surface area (Å²) in [7, 11) is 0. The predicted molar refractivity (Wildman–Crippen MR) is 108 cm³/mol. The fourth-order valence-electron chi connectivity index (χ4n) is 3.31. The predicted octanol–water partition coefficient (Wildman–Crippen LogP) is 4.29. The van der Waals surface area contributed by atoms with Crippen LogP contribution in [0.2, 0.25) is 0 Å². The summed E-state index contributed by atoms with van der Waals surface area (Å²) >= 11 is 0. The van der Waals surface area contributed by atoms with E-state index in [1.54, 1.807) is 24.3 Å². The Morgan fingerprint density at radius 3 is 2.48 bits per heavy atom. The second kappa shape index (κ2) is 9.21. The molecule has 0 spiro atoms. The normalized spacial score (nSPS) is 14.3. The number of Topliss-reactive ketones (excluding diaryl/α,β-unsaturated/α-hetero) is 1. The fraction of sp³-hybridized carbons (Fsp3) is 0.364. The van der Waals surface area contributed by atoms with Gasteiger partial charge in [-0.3, -0.25) is 9.59 Å². The number of anilines is 2. The molecule has 1 aliphatic rings. The standard InChI is InChI=1S/C22H26N2O3/c1-17(25)18-9-8-10-19(15-18)27-16-22(26)23-20-11-4-5-12-21(20)24-13-6-2-3-7-14-24/h4-5,8-12,15H,2-3,6-7,13-14,16H2,1H3,(H,23,26). The molecule has 0 saturated carbocycles. The zero-order valence-electron chi connectivity index (χ0n) is 15.7. The van der Waals surface area contributed by atoms with E-state index in [1.807, 2.05) is 18.2 Å². The Kier molecular flexibility index (Phi) is 6.47. The van der Waals surface area contributed by atoms with E-state index in [1.165, 1.54) is 32.6 Å². The summed E-state index contributed by atoms with van der Waals surface area (Å²) in [6.07, 6.45) is 4.88. The SMILES string of the molecule is CC(=O)c1cccc(OCC(=O)Nc2ccccc2N2CCCCCC2)c1. The Morgan fingerprint density at radius 2 is 1.74 bits per heavy atom. The van der Waals surface area contributed by atoms with Crippen molar-refractivity contribution in [2.75, 3.05) is 29.9 Å². The third kappa shape index (κ3) is 5.33. The second-order valence-electron chi connectivity index (χ2n) is 6.84. The van der Waals surface area contributed by atoms with Crippen molar-refractivity contribution >= 4 is 23.1 Å². The Bertz CT molecular complexity index is 796. The summed E-state index contributed by atoms with van der Waals surface area (Å²) in [5.41, 5.74) is 2.44. The largest absolute Gasteiger partial charge is 0.484 e. The molecule has 0 aliphatic carbocycles. The van der Waals surface area contributed by atoms with Gasteiger partial charge in [-0.25, -0.2) is 0 Å². The molecule has 1 N–H and O–H groups in total. The molecular formula is C22H26N2O3. The van der Waals surface area contributed by atoms with E-state index in [4.69, 9.17) is 4.74 Å². The van der Waals surface area contributed by atoms with E-state index >= 15 is 0 Å². The van der Waals surface area contributed by atoms with Crippen LogP contribution in [-0.2, 0) is 4.79 Å². The van der Waals surface area contributed by atoms with Crippen LogP contribution in [0.1, 0.15) is 43.0 Å². The lowest BCUT2D eigenvalue weighted by molar-refractivity contribution is -0.118. The number of carbonyl (C=O) groups excluding carboxylic acids is 2. The van der Waals surface area contributed by atoms with Gasteiger partial charge in [-0.05, 0) is 44.0 Å². The maximum Gasteiger partial charge on any atom is 0.262 e. The summed E-state index contributed by atoms with van der Waals surface area (Å²) in [5.74, 6) is 0.264. The average molecular weight is 366 g/mol. The van der Waals surface area contributed by atoms with Crippen LogP contribution in [0.25, 0.3) is 0 Å². The lowest BCUT2D eigenvalue weighted by Gasteiger charge is -2.25. The van der Waals surface area contributed by atoms with Gasteiger partial charge in [-0.2, -0.15) is 0 Å². The molecule has 27 heavy (non-hydrogen) atoms. The number of ketones is 1. The first-order valence-corrected chi connectivity index (χ1v) is 9.51. The zero-order valence-corrected chi connectivity index (χ0v) is 15.7. The molecule has 5 nitrogen and oxygen atoms in total. The van der Waals surface area contributed by atoms with E-state index < -0.39 is 0 Å². The van der Waals surface area contributed by atoms with Crippen LogP contribution in [0, 0.1) is 0 Å². The van der Waals surface area contributed by atoms with E-state index in [-0.39, 0.29) is 18.3 Å². The molecule has 0 aromatic heterocycles. The Hall–Kier alpha value is -2.82. The number of amides is 1. The highest BCUT2D eigenvalue weighted by atomic mass is 16.5. The van der Waals surface area contributed by atoms with Gasteiger partial charge < -0.3 is 15.0 Å². The van der Waals surface area contributed by atoms with Crippen LogP contribution in [-0.4, -0.2) is 31.4 Å². The second-order valence-corrected chi connectivity index (χ2v) is 6.84. The number of rotatable bonds is 6. The minimum absolute atomic E-state index is 0.0312. The van der Waals surface area contributed by atoms with Crippen molar-refractivity contribution < 1.29 is 14.3 Å². The number of ether oxygens (including phenoxy) is 1. The topological polar surface area (TPSA) is 58.6 Å². The molecule has 1 fully saturated rings. The van der Waals surface area contributed by atoms with Gasteiger partial charge in [0.05, 0.1) is 11.4 Å². The van der Waals surface area contributed by atoms with Gasteiger partial charge in [-0.15, -0.1) is 0 Å². The van der Waals surface area contributed by atoms with Gasteiger partial charge in [0.1, 0.15) is 5.75 Å². The third-order valence-electron chi connectivity index (χ3n) is 4.74. The Labute approximate surface area is 160 Å². The fourth-order valence-corrected chi connectivity index (χ4v) is 3.31. The Balaban J connectivity index is 1.62. The molecule has 0 unspecified atom stereocenters. The monoisotopic (exact) mass is 366 g/mol. The van der Waals surface area contributed by atoms with Crippen LogP contribution < -0.4 is 15.0 Å². The molecule has 2 aromatic carbocycles. The van der Waals surface area contributed by atoms with E-state index in [0.29, 0.717) is 11.3 Å². The number of para-hydroxylation sites is 2. The lowest BCUT2D eigenvalue weighted by Crippen LogP contribution is -2.27. The lowest BCUT2D eigenvalue weighted by atomic mass is 10.1. The van der Waals surface area contributed by atoms with Gasteiger partial charge in [0.2, 0.25) is 0 Å². The number of benzene rings is 2. The Morgan fingerprint density at radius 1 is 1.00 bits per heavy atom. The van der Waals surface area contributed by atoms with Crippen LogP contribution in [0.4, 0.5) is 11.4 Å². The minimum atomic E-state index is -0.217. The van der Waals surface area contributed by atoms with Crippen molar-refractivity contribution in [3.8, 4) is 5.75 Å². The van der Waals surface area contributed by atoms with Crippen molar-refractivity contribution in [1.82, 2.24) is 0 Å². The molecule has 142 valence electrons. The van der Waals surface area contributed by atoms with E-state index in [0.717, 1.165) is 24.5 Å². The molecule has 0 bridgehead atoms. The maximum atomic E-state index is 12.4. The summed E-state index contributed by atoms with van der Waals surface area (Å²) in [5, 5.41) is 2.96. The summed E-state index contributed by atoms with van der Waals surface area (Å²) in [6, 6.07) is 14.8. The van der Waals surface area contributed by atoms with E-state index in [2.05, 4.69) is 16.3 Å². The van der Waals surface area contributed by atoms with Crippen LogP contribution in [0.15, 0.2) is 48.5 Å².